The summed E-state index contributed by atoms with van der Waals surface area (Å²) in [6, 6.07) is 1.89. The zero-order chi connectivity index (χ0) is 12.3. The van der Waals surface area contributed by atoms with Crippen molar-refractivity contribution in [2.75, 3.05) is 13.2 Å². The number of carbonyl (C=O) groups excluding carboxylic acids is 1. The standard InChI is InChI=1S/C12H12BrNO3/c1-2-9-8(6-14-7-15)5-10-12(11(9)13)17-4-3-16-10/h5H,2-4,6H2,1H3. The van der Waals surface area contributed by atoms with Crippen LogP contribution in [0.15, 0.2) is 15.5 Å². The van der Waals surface area contributed by atoms with Crippen LogP contribution in [-0.2, 0) is 17.8 Å². The lowest BCUT2D eigenvalue weighted by atomic mass is 10.0. The van der Waals surface area contributed by atoms with Crippen molar-refractivity contribution in [2.45, 2.75) is 19.9 Å². The Morgan fingerprint density at radius 3 is 2.94 bits per heavy atom. The van der Waals surface area contributed by atoms with Crippen LogP contribution in [0.2, 0.25) is 0 Å². The SMILES string of the molecule is CCc1c(CN=C=O)cc2c(c1Br)OCCO2. The lowest BCUT2D eigenvalue weighted by molar-refractivity contribution is 0.170. The summed E-state index contributed by atoms with van der Waals surface area (Å²) in [7, 11) is 0. The van der Waals surface area contributed by atoms with Crippen LogP contribution in [0.4, 0.5) is 0 Å². The van der Waals surface area contributed by atoms with Gasteiger partial charge in [-0.15, -0.1) is 0 Å². The minimum atomic E-state index is 0.321. The first-order chi connectivity index (χ1) is 8.27. The number of hydrogen-bond acceptors (Lipinski definition) is 4. The third-order valence-electron chi connectivity index (χ3n) is 2.64. The predicted octanol–water partition coefficient (Wildman–Crippen LogP) is 2.62. The number of halogens is 1. The molecule has 17 heavy (non-hydrogen) atoms. The second-order valence-electron chi connectivity index (χ2n) is 3.61. The van der Waals surface area contributed by atoms with Gasteiger partial charge in [0.05, 0.1) is 11.0 Å². The van der Waals surface area contributed by atoms with Gasteiger partial charge in [-0.25, -0.2) is 9.79 Å². The summed E-state index contributed by atoms with van der Waals surface area (Å²) in [5.41, 5.74) is 2.06. The lowest BCUT2D eigenvalue weighted by Crippen LogP contribution is -2.16. The topological polar surface area (TPSA) is 47.9 Å². The van der Waals surface area contributed by atoms with E-state index in [0.29, 0.717) is 25.5 Å². The Kier molecular flexibility index (Phi) is 3.82. The van der Waals surface area contributed by atoms with Crippen LogP contribution in [0.1, 0.15) is 18.1 Å². The summed E-state index contributed by atoms with van der Waals surface area (Å²) in [6.45, 7) is 3.47. The first-order valence-corrected chi connectivity index (χ1v) is 6.20. The maximum absolute atomic E-state index is 10.2. The molecule has 0 aliphatic carbocycles. The molecule has 0 radical (unpaired) electrons. The number of benzene rings is 1. The first-order valence-electron chi connectivity index (χ1n) is 5.41. The maximum Gasteiger partial charge on any atom is 0.235 e. The molecule has 0 unspecified atom stereocenters. The second kappa shape index (κ2) is 5.34. The number of aliphatic imine (C=N–C) groups is 1. The molecule has 0 fully saturated rings. The van der Waals surface area contributed by atoms with Crippen LogP contribution < -0.4 is 9.47 Å². The van der Waals surface area contributed by atoms with Gasteiger partial charge < -0.3 is 9.47 Å². The fourth-order valence-electron chi connectivity index (χ4n) is 1.87. The molecule has 1 aromatic rings. The predicted molar refractivity (Wildman–Crippen MR) is 66.3 cm³/mol. The third kappa shape index (κ3) is 2.35. The van der Waals surface area contributed by atoms with Gasteiger partial charge in [-0.1, -0.05) is 6.92 Å². The van der Waals surface area contributed by atoms with Gasteiger partial charge in [0.2, 0.25) is 6.08 Å². The molecule has 1 aromatic carbocycles. The molecule has 0 spiro atoms. The summed E-state index contributed by atoms with van der Waals surface area (Å²) in [5, 5.41) is 0. The molecule has 1 aliphatic rings. The third-order valence-corrected chi connectivity index (χ3v) is 3.47. The monoisotopic (exact) mass is 297 g/mol. The van der Waals surface area contributed by atoms with E-state index in [9.17, 15) is 4.79 Å². The Balaban J connectivity index is 2.51. The molecule has 5 heteroatoms. The van der Waals surface area contributed by atoms with Crippen molar-refractivity contribution in [1.82, 2.24) is 0 Å². The van der Waals surface area contributed by atoms with E-state index in [4.69, 9.17) is 9.47 Å². The highest BCUT2D eigenvalue weighted by molar-refractivity contribution is 9.10. The van der Waals surface area contributed by atoms with Crippen LogP contribution >= 0.6 is 15.9 Å². The van der Waals surface area contributed by atoms with Crippen molar-refractivity contribution in [3.8, 4) is 11.5 Å². The van der Waals surface area contributed by atoms with E-state index in [1.165, 1.54) is 0 Å². The average molecular weight is 298 g/mol. The molecule has 90 valence electrons. The zero-order valence-corrected chi connectivity index (χ0v) is 11.0. The van der Waals surface area contributed by atoms with Crippen molar-refractivity contribution in [2.24, 2.45) is 4.99 Å². The molecule has 4 nitrogen and oxygen atoms in total. The molecule has 0 atom stereocenters. The molecule has 0 aromatic heterocycles. The van der Waals surface area contributed by atoms with E-state index in [1.807, 2.05) is 13.0 Å². The van der Waals surface area contributed by atoms with Crippen LogP contribution in [0.5, 0.6) is 11.5 Å². The Bertz CT molecular complexity index is 481. The quantitative estimate of drug-likeness (QED) is 0.636. The highest BCUT2D eigenvalue weighted by Gasteiger charge is 2.20. The Morgan fingerprint density at radius 2 is 2.24 bits per heavy atom. The molecule has 0 saturated carbocycles. The van der Waals surface area contributed by atoms with Crippen LogP contribution in [0, 0.1) is 0 Å². The Morgan fingerprint density at radius 1 is 1.47 bits per heavy atom. The number of fused-ring (bicyclic) bond motifs is 1. The lowest BCUT2D eigenvalue weighted by Gasteiger charge is -2.22. The molecular formula is C12H12BrNO3. The van der Waals surface area contributed by atoms with Crippen molar-refractivity contribution in [3.63, 3.8) is 0 Å². The van der Waals surface area contributed by atoms with Gasteiger partial charge in [0.1, 0.15) is 13.2 Å². The fourth-order valence-corrected chi connectivity index (χ4v) is 2.72. The summed E-state index contributed by atoms with van der Waals surface area (Å²) < 4.78 is 12.0. The van der Waals surface area contributed by atoms with Gasteiger partial charge in [0.15, 0.2) is 11.5 Å². The first kappa shape index (κ1) is 12.1. The number of nitrogens with zero attached hydrogens (tertiary/aromatic N) is 1. The molecule has 1 heterocycles. The minimum Gasteiger partial charge on any atom is -0.486 e. The number of hydrogen-bond donors (Lipinski definition) is 0. The van der Waals surface area contributed by atoms with Crippen molar-refractivity contribution in [1.29, 1.82) is 0 Å². The smallest absolute Gasteiger partial charge is 0.235 e. The number of isocyanates is 1. The zero-order valence-electron chi connectivity index (χ0n) is 9.46. The summed E-state index contributed by atoms with van der Waals surface area (Å²) in [5.74, 6) is 1.45. The highest BCUT2D eigenvalue weighted by atomic mass is 79.9. The van der Waals surface area contributed by atoms with Crippen molar-refractivity contribution < 1.29 is 14.3 Å². The summed E-state index contributed by atoms with van der Waals surface area (Å²) in [6.07, 6.45) is 2.39. The second-order valence-corrected chi connectivity index (χ2v) is 4.41. The van der Waals surface area contributed by atoms with E-state index in [0.717, 1.165) is 27.8 Å². The number of ether oxygens (including phenoxy) is 2. The average Bonchev–Trinajstić information content (AvgIpc) is 2.36. The van der Waals surface area contributed by atoms with Gasteiger partial charge in [0.25, 0.3) is 0 Å². The van der Waals surface area contributed by atoms with E-state index in [2.05, 4.69) is 20.9 Å². The minimum absolute atomic E-state index is 0.321. The number of rotatable bonds is 3. The van der Waals surface area contributed by atoms with Crippen LogP contribution in [0.3, 0.4) is 0 Å². The summed E-state index contributed by atoms with van der Waals surface area (Å²) in [4.78, 5) is 13.8. The maximum atomic E-state index is 10.2. The van der Waals surface area contributed by atoms with Crippen molar-refractivity contribution in [3.05, 3.63) is 21.7 Å². The van der Waals surface area contributed by atoms with E-state index in [-0.39, 0.29) is 0 Å². The van der Waals surface area contributed by atoms with Gasteiger partial charge in [-0.2, -0.15) is 0 Å². The fraction of sp³-hybridized carbons (Fsp3) is 0.417. The van der Waals surface area contributed by atoms with E-state index < -0.39 is 0 Å². The van der Waals surface area contributed by atoms with E-state index >= 15 is 0 Å². The van der Waals surface area contributed by atoms with Crippen LogP contribution in [-0.4, -0.2) is 19.3 Å². The molecular weight excluding hydrogens is 286 g/mol. The molecule has 0 saturated heterocycles. The molecule has 0 N–H and O–H groups in total. The normalized spacial score (nSPS) is 13.1. The van der Waals surface area contributed by atoms with Crippen LogP contribution in [0.25, 0.3) is 0 Å². The van der Waals surface area contributed by atoms with E-state index in [1.54, 1.807) is 6.08 Å². The molecule has 0 bridgehead atoms. The highest BCUT2D eigenvalue weighted by Crippen LogP contribution is 2.42. The Hall–Kier alpha value is -1.32. The molecule has 1 aliphatic heterocycles. The van der Waals surface area contributed by atoms with Gasteiger partial charge in [-0.05, 0) is 39.5 Å². The van der Waals surface area contributed by atoms with Crippen molar-refractivity contribution >= 4 is 22.0 Å². The molecule has 0 amide bonds. The van der Waals surface area contributed by atoms with Gasteiger partial charge in [0, 0.05) is 0 Å². The molecule has 2 rings (SSSR count). The van der Waals surface area contributed by atoms with Gasteiger partial charge >= 0.3 is 0 Å². The Labute approximate surface area is 108 Å². The largest absolute Gasteiger partial charge is 0.486 e. The van der Waals surface area contributed by atoms with Gasteiger partial charge in [-0.3, -0.25) is 0 Å². The summed E-state index contributed by atoms with van der Waals surface area (Å²) >= 11 is 3.52.